The zero-order valence-corrected chi connectivity index (χ0v) is 13.9. The molecule has 0 aliphatic heterocycles. The van der Waals surface area contributed by atoms with Crippen molar-refractivity contribution in [3.05, 3.63) is 64.1 Å². The molecule has 0 unspecified atom stereocenters. The Labute approximate surface area is 144 Å². The highest BCUT2D eigenvalue weighted by Gasteiger charge is 2.09. The number of rotatable bonds is 4. The van der Waals surface area contributed by atoms with Crippen molar-refractivity contribution in [1.29, 1.82) is 0 Å². The first-order valence-corrected chi connectivity index (χ1v) is 7.81. The van der Waals surface area contributed by atoms with Crippen LogP contribution in [-0.2, 0) is 11.2 Å². The Morgan fingerprint density at radius 1 is 1.00 bits per heavy atom. The lowest BCUT2D eigenvalue weighted by Crippen LogP contribution is -2.34. The van der Waals surface area contributed by atoms with Gasteiger partial charge < -0.3 is 10.6 Å². The smallest absolute Gasteiger partial charge is 0.226 e. The number of amides is 1. The molecule has 0 saturated heterocycles. The molecule has 2 rings (SSSR count). The van der Waals surface area contributed by atoms with Crippen LogP contribution >= 0.6 is 35.4 Å². The maximum Gasteiger partial charge on any atom is 0.226 e. The molecule has 0 heterocycles. The van der Waals surface area contributed by atoms with Crippen molar-refractivity contribution in [2.75, 3.05) is 5.32 Å². The molecule has 0 radical (unpaired) electrons. The summed E-state index contributed by atoms with van der Waals surface area (Å²) in [5.74, 6) is -0.162. The second-order valence-corrected chi connectivity index (χ2v) is 5.81. The number of benzene rings is 2. The number of carbonyl (C=O) groups excluding carboxylic acids is 1. The molecule has 6 heteroatoms. The Kier molecular flexibility index (Phi) is 6.19. The largest absolute Gasteiger partial charge is 0.330 e. The summed E-state index contributed by atoms with van der Waals surface area (Å²) in [6.07, 6.45) is 1.00. The van der Waals surface area contributed by atoms with E-state index in [1.165, 1.54) is 0 Å². The van der Waals surface area contributed by atoms with E-state index in [2.05, 4.69) is 10.6 Å². The van der Waals surface area contributed by atoms with Crippen LogP contribution in [0, 0.1) is 0 Å². The molecule has 0 saturated carbocycles. The molecule has 0 aromatic heterocycles. The molecular weight excluding hydrogens is 339 g/mol. The maximum absolute atomic E-state index is 11.9. The molecule has 2 aromatic carbocycles. The van der Waals surface area contributed by atoms with Crippen molar-refractivity contribution < 1.29 is 4.79 Å². The van der Waals surface area contributed by atoms with E-state index >= 15 is 0 Å². The van der Waals surface area contributed by atoms with Crippen molar-refractivity contribution in [1.82, 2.24) is 5.32 Å². The Bertz CT molecular complexity index is 657. The fourth-order valence-electron chi connectivity index (χ4n) is 1.85. The van der Waals surface area contributed by atoms with Gasteiger partial charge in [-0.05, 0) is 36.3 Å². The van der Waals surface area contributed by atoms with Crippen LogP contribution in [0.15, 0.2) is 48.5 Å². The summed E-state index contributed by atoms with van der Waals surface area (Å²) in [5.41, 5.74) is 1.59. The molecule has 0 bridgehead atoms. The fourth-order valence-corrected chi connectivity index (χ4v) is 2.56. The molecule has 114 valence electrons. The lowest BCUT2D eigenvalue weighted by atomic mass is 10.1. The summed E-state index contributed by atoms with van der Waals surface area (Å²) < 4.78 is 0. The van der Waals surface area contributed by atoms with Gasteiger partial charge in [0, 0.05) is 6.42 Å². The second kappa shape index (κ2) is 8.13. The average molecular weight is 353 g/mol. The van der Waals surface area contributed by atoms with E-state index in [4.69, 9.17) is 35.4 Å². The Morgan fingerprint density at radius 2 is 1.64 bits per heavy atom. The van der Waals surface area contributed by atoms with E-state index in [0.29, 0.717) is 28.6 Å². The lowest BCUT2D eigenvalue weighted by molar-refractivity contribution is -0.119. The third-order valence-electron chi connectivity index (χ3n) is 2.94. The highest BCUT2D eigenvalue weighted by atomic mass is 35.5. The molecule has 2 N–H and O–H groups in total. The molecule has 3 nitrogen and oxygen atoms in total. The predicted molar refractivity (Wildman–Crippen MR) is 95.6 cm³/mol. The van der Waals surface area contributed by atoms with Gasteiger partial charge in [-0.25, -0.2) is 0 Å². The van der Waals surface area contributed by atoms with Gasteiger partial charge in [0.05, 0.1) is 15.7 Å². The lowest BCUT2D eigenvalue weighted by Gasteiger charge is -2.12. The summed E-state index contributed by atoms with van der Waals surface area (Å²) in [5, 5.41) is 6.51. The quantitative estimate of drug-likeness (QED) is 0.799. The molecule has 0 spiro atoms. The van der Waals surface area contributed by atoms with Gasteiger partial charge in [-0.1, -0.05) is 59.6 Å². The first-order chi connectivity index (χ1) is 10.6. The third-order valence-corrected chi connectivity index (χ3v) is 3.77. The van der Waals surface area contributed by atoms with E-state index in [1.54, 1.807) is 18.2 Å². The molecule has 0 atom stereocenters. The fraction of sp³-hybridized carbons (Fsp3) is 0.125. The number of para-hydroxylation sites is 1. The van der Waals surface area contributed by atoms with Crippen LogP contribution < -0.4 is 10.6 Å². The van der Waals surface area contributed by atoms with E-state index in [9.17, 15) is 4.79 Å². The second-order valence-electron chi connectivity index (χ2n) is 4.58. The monoisotopic (exact) mass is 352 g/mol. The Balaban J connectivity index is 1.85. The number of anilines is 1. The number of carbonyl (C=O) groups is 1. The molecule has 0 aliphatic rings. The molecule has 1 amide bonds. The van der Waals surface area contributed by atoms with Gasteiger partial charge in [-0.2, -0.15) is 0 Å². The zero-order chi connectivity index (χ0) is 15.9. The highest BCUT2D eigenvalue weighted by molar-refractivity contribution is 7.80. The maximum atomic E-state index is 11.9. The predicted octanol–water partition coefficient (Wildman–Crippen LogP) is 4.44. The normalized spacial score (nSPS) is 10.1. The Morgan fingerprint density at radius 3 is 2.27 bits per heavy atom. The van der Waals surface area contributed by atoms with Gasteiger partial charge in [0.1, 0.15) is 0 Å². The van der Waals surface area contributed by atoms with Crippen LogP contribution in [-0.4, -0.2) is 11.0 Å². The third kappa shape index (κ3) is 4.98. The van der Waals surface area contributed by atoms with E-state index in [0.717, 1.165) is 5.56 Å². The standard InChI is InChI=1S/C16H14Cl2N2OS/c17-12-7-4-8-13(18)15(12)20-16(22)19-14(21)10-9-11-5-2-1-3-6-11/h1-8H,9-10H2,(H2,19,20,21,22). The van der Waals surface area contributed by atoms with E-state index in [1.807, 2.05) is 30.3 Å². The number of thiocarbonyl (C=S) groups is 1. The highest BCUT2D eigenvalue weighted by Crippen LogP contribution is 2.29. The van der Waals surface area contributed by atoms with Crippen molar-refractivity contribution in [3.63, 3.8) is 0 Å². The van der Waals surface area contributed by atoms with Gasteiger partial charge >= 0.3 is 0 Å². The zero-order valence-electron chi connectivity index (χ0n) is 11.6. The number of nitrogens with one attached hydrogen (secondary N) is 2. The van der Waals surface area contributed by atoms with Crippen molar-refractivity contribution in [3.8, 4) is 0 Å². The first-order valence-electron chi connectivity index (χ1n) is 6.65. The van der Waals surface area contributed by atoms with Crippen molar-refractivity contribution >= 4 is 52.1 Å². The Hall–Kier alpha value is -1.62. The number of hydrogen-bond acceptors (Lipinski definition) is 2. The van der Waals surface area contributed by atoms with Gasteiger partial charge in [-0.3, -0.25) is 4.79 Å². The van der Waals surface area contributed by atoms with Crippen LogP contribution in [0.5, 0.6) is 0 Å². The number of hydrogen-bond donors (Lipinski definition) is 2. The summed E-state index contributed by atoms with van der Waals surface area (Å²) in [6.45, 7) is 0. The van der Waals surface area contributed by atoms with E-state index < -0.39 is 0 Å². The minimum absolute atomic E-state index is 0.162. The van der Waals surface area contributed by atoms with Crippen LogP contribution in [0.3, 0.4) is 0 Å². The molecular formula is C16H14Cl2N2OS. The molecule has 2 aromatic rings. The van der Waals surface area contributed by atoms with E-state index in [-0.39, 0.29) is 11.0 Å². The van der Waals surface area contributed by atoms with Crippen molar-refractivity contribution in [2.24, 2.45) is 0 Å². The van der Waals surface area contributed by atoms with Gasteiger partial charge in [0.2, 0.25) is 5.91 Å². The van der Waals surface area contributed by atoms with Crippen LogP contribution in [0.1, 0.15) is 12.0 Å². The van der Waals surface area contributed by atoms with Crippen LogP contribution in [0.25, 0.3) is 0 Å². The van der Waals surface area contributed by atoms with Crippen LogP contribution in [0.4, 0.5) is 5.69 Å². The first kappa shape index (κ1) is 16.7. The molecule has 22 heavy (non-hydrogen) atoms. The number of halogens is 2. The topological polar surface area (TPSA) is 41.1 Å². The molecule has 0 aliphatic carbocycles. The minimum atomic E-state index is -0.162. The van der Waals surface area contributed by atoms with Gasteiger partial charge in [-0.15, -0.1) is 0 Å². The summed E-state index contributed by atoms with van der Waals surface area (Å²) in [4.78, 5) is 11.9. The van der Waals surface area contributed by atoms with Crippen molar-refractivity contribution in [2.45, 2.75) is 12.8 Å². The number of aryl methyl sites for hydroxylation is 1. The average Bonchev–Trinajstić information content (AvgIpc) is 2.50. The summed E-state index contributed by atoms with van der Waals surface area (Å²) in [6, 6.07) is 14.9. The van der Waals surface area contributed by atoms with Gasteiger partial charge in [0.25, 0.3) is 0 Å². The molecule has 0 fully saturated rings. The SMILES string of the molecule is O=C(CCc1ccccc1)NC(=S)Nc1c(Cl)cccc1Cl. The summed E-state index contributed by atoms with van der Waals surface area (Å²) >= 11 is 17.2. The van der Waals surface area contributed by atoms with Gasteiger partial charge in [0.15, 0.2) is 5.11 Å². The minimum Gasteiger partial charge on any atom is -0.330 e. The summed E-state index contributed by atoms with van der Waals surface area (Å²) in [7, 11) is 0. The van der Waals surface area contributed by atoms with Crippen LogP contribution in [0.2, 0.25) is 10.0 Å².